The summed E-state index contributed by atoms with van der Waals surface area (Å²) in [6.45, 7) is 7.09. The normalized spacial score (nSPS) is 17.5. The molecule has 2 N–H and O–H groups in total. The van der Waals surface area contributed by atoms with Crippen molar-refractivity contribution in [2.75, 3.05) is 57.7 Å². The average Bonchev–Trinajstić information content (AvgIpc) is 2.91. The number of hydrogen-bond donors (Lipinski definition) is 2. The molecule has 0 saturated carbocycles. The number of rotatable bonds is 8. The second-order valence-electron chi connectivity index (χ2n) is 9.61. The topological polar surface area (TPSA) is 85.0 Å². The molecule has 192 valence electrons. The van der Waals surface area contributed by atoms with Crippen molar-refractivity contribution in [3.63, 3.8) is 0 Å². The molecule has 0 spiro atoms. The molecule has 4 rings (SSSR count). The molecule has 2 heterocycles. The van der Waals surface area contributed by atoms with Crippen LogP contribution in [0.5, 0.6) is 0 Å². The van der Waals surface area contributed by atoms with Crippen LogP contribution in [0.15, 0.2) is 54.6 Å². The van der Waals surface area contributed by atoms with Gasteiger partial charge in [0.05, 0.1) is 13.1 Å². The number of hydrogen-bond acceptors (Lipinski definition) is 5. The summed E-state index contributed by atoms with van der Waals surface area (Å²) in [7, 11) is 0. The third kappa shape index (κ3) is 7.15. The van der Waals surface area contributed by atoms with Gasteiger partial charge in [-0.2, -0.15) is 0 Å². The van der Waals surface area contributed by atoms with Gasteiger partial charge >= 0.3 is 0 Å². The number of benzene rings is 2. The lowest BCUT2D eigenvalue weighted by molar-refractivity contribution is -0.134. The zero-order chi connectivity index (χ0) is 25.3. The third-order valence-corrected chi connectivity index (χ3v) is 7.08. The number of piperazine rings is 1. The molecule has 0 aromatic heterocycles. The predicted octanol–water partition coefficient (Wildman–Crippen LogP) is 2.23. The zero-order valence-corrected chi connectivity index (χ0v) is 21.1. The van der Waals surface area contributed by atoms with Crippen molar-refractivity contribution in [1.82, 2.24) is 20.0 Å². The highest BCUT2D eigenvalue weighted by molar-refractivity contribution is 5.94. The van der Waals surface area contributed by atoms with E-state index in [2.05, 4.69) is 27.4 Å². The summed E-state index contributed by atoms with van der Waals surface area (Å²) in [4.78, 5) is 44.0. The first-order valence-electron chi connectivity index (χ1n) is 13.0. The summed E-state index contributed by atoms with van der Waals surface area (Å²) in [5.41, 5.74) is 2.68. The van der Waals surface area contributed by atoms with Gasteiger partial charge in [0.1, 0.15) is 0 Å². The first kappa shape index (κ1) is 25.9. The van der Waals surface area contributed by atoms with Gasteiger partial charge in [-0.3, -0.25) is 24.2 Å². The molecule has 0 unspecified atom stereocenters. The molecule has 0 radical (unpaired) electrons. The van der Waals surface area contributed by atoms with E-state index in [1.165, 1.54) is 0 Å². The van der Waals surface area contributed by atoms with E-state index < -0.39 is 0 Å². The van der Waals surface area contributed by atoms with Gasteiger partial charge in [-0.1, -0.05) is 43.3 Å². The number of carbonyl (C=O) groups excluding carboxylic acids is 3. The number of para-hydroxylation sites is 1. The average molecular weight is 492 g/mol. The Hall–Kier alpha value is -3.23. The molecule has 2 aliphatic heterocycles. The Bertz CT molecular complexity index is 1030. The smallest absolute Gasteiger partial charge is 0.251 e. The minimum absolute atomic E-state index is 0.0158. The van der Waals surface area contributed by atoms with E-state index in [4.69, 9.17) is 0 Å². The van der Waals surface area contributed by atoms with Gasteiger partial charge in [0.2, 0.25) is 11.8 Å². The standard InChI is InChI=1S/C28H37N5O3/c1-2-22-8-6-7-11-25(22)30-26(34)20-32-16-18-33(19-17-32)27(35)21-31-14-12-24(13-15-31)29-28(36)23-9-4-3-5-10-23/h3-11,24H,2,12-21H2,1H3,(H,29,36)(H,30,34). The molecule has 2 saturated heterocycles. The SMILES string of the molecule is CCc1ccccc1NC(=O)CN1CCN(C(=O)CN2CCC(NC(=O)c3ccccc3)CC2)CC1. The minimum atomic E-state index is -0.0359. The monoisotopic (exact) mass is 491 g/mol. The van der Waals surface area contributed by atoms with E-state index >= 15 is 0 Å². The van der Waals surface area contributed by atoms with Crippen LogP contribution in [-0.4, -0.2) is 90.8 Å². The number of amides is 3. The van der Waals surface area contributed by atoms with Gasteiger partial charge in [-0.25, -0.2) is 0 Å². The Balaban J connectivity index is 1.14. The number of aryl methyl sites for hydroxylation is 1. The summed E-state index contributed by atoms with van der Waals surface area (Å²) in [5, 5.41) is 6.14. The lowest BCUT2D eigenvalue weighted by atomic mass is 10.0. The van der Waals surface area contributed by atoms with E-state index in [-0.39, 0.29) is 23.8 Å². The van der Waals surface area contributed by atoms with Gasteiger partial charge in [0, 0.05) is 56.6 Å². The molecule has 2 aromatic rings. The second kappa shape index (κ2) is 12.6. The Labute approximate surface area is 213 Å². The molecule has 3 amide bonds. The number of carbonyl (C=O) groups is 3. The molecule has 0 bridgehead atoms. The summed E-state index contributed by atoms with van der Waals surface area (Å²) in [6.07, 6.45) is 2.56. The molecule has 2 fully saturated rings. The molecule has 2 aliphatic rings. The van der Waals surface area contributed by atoms with Gasteiger partial charge in [-0.15, -0.1) is 0 Å². The predicted molar refractivity (Wildman–Crippen MR) is 141 cm³/mol. The Morgan fingerprint density at radius 1 is 0.806 bits per heavy atom. The lowest BCUT2D eigenvalue weighted by Crippen LogP contribution is -2.53. The fourth-order valence-corrected chi connectivity index (χ4v) is 4.88. The van der Waals surface area contributed by atoms with Crippen molar-refractivity contribution < 1.29 is 14.4 Å². The minimum Gasteiger partial charge on any atom is -0.349 e. The van der Waals surface area contributed by atoms with Crippen molar-refractivity contribution >= 4 is 23.4 Å². The third-order valence-electron chi connectivity index (χ3n) is 7.08. The summed E-state index contributed by atoms with van der Waals surface area (Å²) in [5.74, 6) is 0.0897. The fraction of sp³-hybridized carbons (Fsp3) is 0.464. The largest absolute Gasteiger partial charge is 0.349 e. The number of piperidine rings is 1. The van der Waals surface area contributed by atoms with Crippen LogP contribution in [0, 0.1) is 0 Å². The fourth-order valence-electron chi connectivity index (χ4n) is 4.88. The summed E-state index contributed by atoms with van der Waals surface area (Å²) >= 11 is 0. The zero-order valence-electron chi connectivity index (χ0n) is 21.1. The van der Waals surface area contributed by atoms with Crippen molar-refractivity contribution in [3.8, 4) is 0 Å². The first-order chi connectivity index (χ1) is 17.5. The van der Waals surface area contributed by atoms with E-state index in [1.54, 1.807) is 0 Å². The van der Waals surface area contributed by atoms with Gasteiger partial charge < -0.3 is 15.5 Å². The maximum atomic E-state index is 12.9. The van der Waals surface area contributed by atoms with Crippen molar-refractivity contribution in [3.05, 3.63) is 65.7 Å². The molecule has 0 atom stereocenters. The van der Waals surface area contributed by atoms with E-state index in [0.717, 1.165) is 43.6 Å². The Kier molecular flexibility index (Phi) is 9.08. The van der Waals surface area contributed by atoms with Gasteiger partial charge in [-0.05, 0) is 43.0 Å². The molecule has 8 heteroatoms. The number of nitrogens with zero attached hydrogens (tertiary/aromatic N) is 3. The highest BCUT2D eigenvalue weighted by Crippen LogP contribution is 2.16. The second-order valence-corrected chi connectivity index (χ2v) is 9.61. The van der Waals surface area contributed by atoms with Gasteiger partial charge in [0.25, 0.3) is 5.91 Å². The lowest BCUT2D eigenvalue weighted by Gasteiger charge is -2.37. The quantitative estimate of drug-likeness (QED) is 0.592. The highest BCUT2D eigenvalue weighted by Gasteiger charge is 2.26. The van der Waals surface area contributed by atoms with E-state index in [1.807, 2.05) is 59.5 Å². The molecular formula is C28H37N5O3. The van der Waals surface area contributed by atoms with Crippen LogP contribution in [0.2, 0.25) is 0 Å². The van der Waals surface area contributed by atoms with Crippen LogP contribution < -0.4 is 10.6 Å². The van der Waals surface area contributed by atoms with Crippen LogP contribution in [0.4, 0.5) is 5.69 Å². The molecular weight excluding hydrogens is 454 g/mol. The van der Waals surface area contributed by atoms with Crippen LogP contribution in [-0.2, 0) is 16.0 Å². The number of likely N-dealkylation sites (tertiary alicyclic amines) is 1. The molecule has 0 aliphatic carbocycles. The maximum Gasteiger partial charge on any atom is 0.251 e. The summed E-state index contributed by atoms with van der Waals surface area (Å²) < 4.78 is 0. The highest BCUT2D eigenvalue weighted by atomic mass is 16.2. The molecule has 2 aromatic carbocycles. The van der Waals surface area contributed by atoms with E-state index in [0.29, 0.717) is 44.8 Å². The molecule has 8 nitrogen and oxygen atoms in total. The number of anilines is 1. The first-order valence-corrected chi connectivity index (χ1v) is 13.0. The van der Waals surface area contributed by atoms with Crippen LogP contribution >= 0.6 is 0 Å². The van der Waals surface area contributed by atoms with Crippen molar-refractivity contribution in [2.24, 2.45) is 0 Å². The summed E-state index contributed by atoms with van der Waals surface area (Å²) in [6, 6.07) is 17.3. The number of nitrogens with one attached hydrogen (secondary N) is 2. The Morgan fingerprint density at radius 2 is 1.44 bits per heavy atom. The Morgan fingerprint density at radius 3 is 2.14 bits per heavy atom. The van der Waals surface area contributed by atoms with Crippen molar-refractivity contribution in [2.45, 2.75) is 32.2 Å². The van der Waals surface area contributed by atoms with Gasteiger partial charge in [0.15, 0.2) is 0 Å². The van der Waals surface area contributed by atoms with Crippen LogP contribution in [0.25, 0.3) is 0 Å². The van der Waals surface area contributed by atoms with Crippen LogP contribution in [0.1, 0.15) is 35.7 Å². The molecule has 36 heavy (non-hydrogen) atoms. The van der Waals surface area contributed by atoms with Crippen LogP contribution in [0.3, 0.4) is 0 Å². The maximum absolute atomic E-state index is 12.9. The van der Waals surface area contributed by atoms with E-state index in [9.17, 15) is 14.4 Å². The van der Waals surface area contributed by atoms with Crippen molar-refractivity contribution in [1.29, 1.82) is 0 Å².